The van der Waals surface area contributed by atoms with Gasteiger partial charge in [0.2, 0.25) is 17.0 Å². The summed E-state index contributed by atoms with van der Waals surface area (Å²) in [5, 5.41) is 9.72. The number of carbonyl (C=O) groups is 1. The summed E-state index contributed by atoms with van der Waals surface area (Å²) in [4.78, 5) is 16.1. The monoisotopic (exact) mass is 461 g/mol. The van der Waals surface area contributed by atoms with Gasteiger partial charge >= 0.3 is 6.36 Å². The normalized spacial score (nSPS) is 11.2. The summed E-state index contributed by atoms with van der Waals surface area (Å²) in [7, 11) is 0. The Labute approximate surface area is 159 Å². The number of hydrogen-bond acceptors (Lipinski definition) is 7. The molecule has 26 heavy (non-hydrogen) atoms. The van der Waals surface area contributed by atoms with Crippen molar-refractivity contribution in [1.82, 2.24) is 5.32 Å². The van der Waals surface area contributed by atoms with E-state index in [-0.39, 0.29) is 50.0 Å². The maximum atomic E-state index is 11.6. The van der Waals surface area contributed by atoms with Crippen LogP contribution >= 0.6 is 28.3 Å². The number of benzene rings is 1. The number of hydrogen-bond donors (Lipinski definition) is 3. The van der Waals surface area contributed by atoms with Crippen LogP contribution in [0.5, 0.6) is 5.75 Å². The molecule has 0 amide bonds. The molecular formula is C13H15BrF3N3O5S. The summed E-state index contributed by atoms with van der Waals surface area (Å²) < 4.78 is 47.4. The molecule has 13 heteroatoms. The third-order valence-electron chi connectivity index (χ3n) is 2.57. The molecule has 146 valence electrons. The Morgan fingerprint density at radius 1 is 1.35 bits per heavy atom. The summed E-state index contributed by atoms with van der Waals surface area (Å²) >= 11 is 2.52. The lowest BCUT2D eigenvalue weighted by atomic mass is 10.1. The quantitative estimate of drug-likeness (QED) is 0.0875. The summed E-state index contributed by atoms with van der Waals surface area (Å²) in [6.45, 7) is 0.352. The van der Waals surface area contributed by atoms with E-state index in [1.54, 1.807) is 18.2 Å². The van der Waals surface area contributed by atoms with E-state index >= 15 is 0 Å². The molecule has 0 atom stereocenters. The molecule has 0 saturated heterocycles. The van der Waals surface area contributed by atoms with Crippen molar-refractivity contribution >= 4 is 38.9 Å². The van der Waals surface area contributed by atoms with Gasteiger partial charge in [-0.15, -0.1) is 17.5 Å². The molecule has 1 rings (SSSR count). The lowest BCUT2D eigenvalue weighted by molar-refractivity contribution is -0.281. The molecule has 0 spiro atoms. The van der Waals surface area contributed by atoms with Gasteiger partial charge in [-0.2, -0.15) is 4.18 Å². The van der Waals surface area contributed by atoms with Crippen LogP contribution in [0.2, 0.25) is 0 Å². The standard InChI is InChI=1S/C13H15BrF3N3O5S/c14-11(21)9-6-8(7-20-12(18)19)2-3-10(9)22-4-1-5-23-25-26-24-13(15,16)17/h2-3,6H,1,4-5,7H2,(H4,18,19,20). The van der Waals surface area contributed by atoms with E-state index in [2.05, 4.69) is 34.7 Å². The Kier molecular flexibility index (Phi) is 9.72. The van der Waals surface area contributed by atoms with Gasteiger partial charge in [-0.1, -0.05) is 6.07 Å². The third kappa shape index (κ3) is 9.82. The maximum Gasteiger partial charge on any atom is 0.535 e. The fourth-order valence-corrected chi connectivity index (χ4v) is 2.09. The summed E-state index contributed by atoms with van der Waals surface area (Å²) in [6, 6.07) is 4.85. The zero-order valence-corrected chi connectivity index (χ0v) is 15.5. The second-order valence-electron chi connectivity index (χ2n) is 4.56. The highest BCUT2D eigenvalue weighted by Crippen LogP contribution is 2.24. The number of carbonyl (C=O) groups excluding carboxylic acids is 1. The van der Waals surface area contributed by atoms with Gasteiger partial charge in [-0.05, 0) is 33.6 Å². The van der Waals surface area contributed by atoms with E-state index in [1.165, 1.54) is 0 Å². The van der Waals surface area contributed by atoms with Crippen molar-refractivity contribution < 1.29 is 36.1 Å². The van der Waals surface area contributed by atoms with Crippen LogP contribution in [-0.2, 0) is 19.9 Å². The molecule has 0 unspecified atom stereocenters. The summed E-state index contributed by atoms with van der Waals surface area (Å²) in [5.41, 5.74) is 6.19. The van der Waals surface area contributed by atoms with Crippen LogP contribution in [0.3, 0.4) is 0 Å². The molecule has 4 N–H and O–H groups in total. The molecule has 0 radical (unpaired) electrons. The Hall–Kier alpha value is -1.54. The molecule has 0 saturated carbocycles. The zero-order chi connectivity index (χ0) is 19.6. The first-order valence-electron chi connectivity index (χ1n) is 6.93. The van der Waals surface area contributed by atoms with Gasteiger partial charge < -0.3 is 15.8 Å². The number of alkyl halides is 3. The van der Waals surface area contributed by atoms with E-state index in [0.29, 0.717) is 11.3 Å². The van der Waals surface area contributed by atoms with Gasteiger partial charge in [0.05, 0.1) is 18.8 Å². The minimum Gasteiger partial charge on any atom is -0.493 e. The molecule has 0 heterocycles. The zero-order valence-electron chi connectivity index (χ0n) is 13.1. The van der Waals surface area contributed by atoms with Crippen molar-refractivity contribution in [2.75, 3.05) is 13.2 Å². The van der Waals surface area contributed by atoms with E-state index in [1.807, 2.05) is 0 Å². The third-order valence-corrected chi connectivity index (χ3v) is 3.41. The molecule has 0 aromatic heterocycles. The predicted molar refractivity (Wildman–Crippen MR) is 90.3 cm³/mol. The largest absolute Gasteiger partial charge is 0.535 e. The molecule has 0 aliphatic carbocycles. The summed E-state index contributed by atoms with van der Waals surface area (Å²) in [6.07, 6.45) is -4.53. The van der Waals surface area contributed by atoms with Crippen LogP contribution in [0.25, 0.3) is 0 Å². The first kappa shape index (κ1) is 22.5. The number of ether oxygens (including phenoxy) is 1. The average Bonchev–Trinajstić information content (AvgIpc) is 2.54. The van der Waals surface area contributed by atoms with Crippen molar-refractivity contribution in [1.29, 1.82) is 5.41 Å². The highest BCUT2D eigenvalue weighted by Gasteiger charge is 2.30. The topological polar surface area (TPSA) is 116 Å². The highest BCUT2D eigenvalue weighted by atomic mass is 79.9. The fourth-order valence-electron chi connectivity index (χ4n) is 1.57. The first-order valence-corrected chi connectivity index (χ1v) is 8.39. The van der Waals surface area contributed by atoms with Crippen LogP contribution in [-0.4, -0.2) is 30.2 Å². The van der Waals surface area contributed by atoms with Gasteiger partial charge in [-0.25, -0.2) is 4.89 Å². The average molecular weight is 462 g/mol. The van der Waals surface area contributed by atoms with E-state index in [9.17, 15) is 18.0 Å². The molecule has 0 bridgehead atoms. The maximum absolute atomic E-state index is 11.6. The van der Waals surface area contributed by atoms with E-state index < -0.39 is 11.1 Å². The van der Waals surface area contributed by atoms with Gasteiger partial charge in [0.25, 0.3) is 0 Å². The van der Waals surface area contributed by atoms with E-state index in [0.717, 1.165) is 0 Å². The molecule has 0 aliphatic rings. The lowest BCUT2D eigenvalue weighted by Crippen LogP contribution is -2.29. The second-order valence-corrected chi connectivity index (χ2v) is 5.72. The number of nitrogens with one attached hydrogen (secondary N) is 2. The molecule has 8 nitrogen and oxygen atoms in total. The van der Waals surface area contributed by atoms with Gasteiger partial charge in [0.1, 0.15) is 5.75 Å². The Morgan fingerprint density at radius 2 is 2.08 bits per heavy atom. The van der Waals surface area contributed by atoms with Crippen LogP contribution in [0.1, 0.15) is 22.3 Å². The minimum atomic E-state index is -4.82. The van der Waals surface area contributed by atoms with Crippen molar-refractivity contribution in [2.45, 2.75) is 19.3 Å². The van der Waals surface area contributed by atoms with Gasteiger partial charge in [0, 0.05) is 13.0 Å². The van der Waals surface area contributed by atoms with Crippen LogP contribution in [0.4, 0.5) is 13.2 Å². The lowest BCUT2D eigenvalue weighted by Gasteiger charge is -2.11. The minimum absolute atomic E-state index is 0.0492. The molecule has 1 aromatic rings. The van der Waals surface area contributed by atoms with E-state index in [4.69, 9.17) is 15.9 Å². The van der Waals surface area contributed by atoms with Gasteiger partial charge in [0.15, 0.2) is 5.96 Å². The second kappa shape index (κ2) is 11.2. The van der Waals surface area contributed by atoms with Crippen molar-refractivity contribution in [2.24, 2.45) is 5.73 Å². The van der Waals surface area contributed by atoms with Crippen molar-refractivity contribution in [3.05, 3.63) is 29.3 Å². The van der Waals surface area contributed by atoms with Crippen LogP contribution in [0.15, 0.2) is 18.2 Å². The molecule has 1 aromatic carbocycles. The van der Waals surface area contributed by atoms with Crippen molar-refractivity contribution in [3.8, 4) is 5.75 Å². The SMILES string of the molecule is N=C(N)NCc1ccc(OCCCOOSOC(F)(F)F)c(C(=O)Br)c1. The highest BCUT2D eigenvalue weighted by molar-refractivity contribution is 9.18. The van der Waals surface area contributed by atoms with Crippen molar-refractivity contribution in [3.63, 3.8) is 0 Å². The number of guanidine groups is 1. The number of rotatable bonds is 11. The fraction of sp³-hybridized carbons (Fsp3) is 0.385. The first-order chi connectivity index (χ1) is 12.2. The Bertz CT molecular complexity index is 621. The molecule has 0 fully saturated rings. The Balaban J connectivity index is 2.37. The predicted octanol–water partition coefficient (Wildman–Crippen LogP) is 3.02. The number of halogens is 4. The Morgan fingerprint density at radius 3 is 2.69 bits per heavy atom. The van der Waals surface area contributed by atoms with Crippen LogP contribution < -0.4 is 15.8 Å². The van der Waals surface area contributed by atoms with Gasteiger partial charge in [-0.3, -0.25) is 10.2 Å². The number of nitrogens with two attached hydrogens (primary N) is 1. The smallest absolute Gasteiger partial charge is 0.493 e. The van der Waals surface area contributed by atoms with Crippen LogP contribution in [0, 0.1) is 5.41 Å². The summed E-state index contributed by atoms with van der Waals surface area (Å²) in [5.74, 6) is 0.118. The molecular weight excluding hydrogens is 447 g/mol. The molecule has 0 aliphatic heterocycles.